The Morgan fingerprint density at radius 2 is 2.10 bits per heavy atom. The van der Waals surface area contributed by atoms with Crippen molar-refractivity contribution in [1.82, 2.24) is 10.4 Å². The van der Waals surface area contributed by atoms with Gasteiger partial charge in [-0.05, 0) is 0 Å². The van der Waals surface area contributed by atoms with Gasteiger partial charge in [-0.2, -0.15) is 0 Å². The van der Waals surface area contributed by atoms with Crippen molar-refractivity contribution in [3.05, 3.63) is 25.3 Å². The molecule has 1 N–H and O–H groups in total. The van der Waals surface area contributed by atoms with Gasteiger partial charge in [0.2, 0.25) is 0 Å². The van der Waals surface area contributed by atoms with Gasteiger partial charge in [-0.3, -0.25) is 0 Å². The maximum Gasteiger partial charge on any atom is 0.0791 e. The van der Waals surface area contributed by atoms with Crippen molar-refractivity contribution in [2.24, 2.45) is 0 Å². The van der Waals surface area contributed by atoms with Gasteiger partial charge in [-0.1, -0.05) is 24.4 Å². The molecule has 0 heterocycles. The van der Waals surface area contributed by atoms with Gasteiger partial charge in [-0.15, -0.1) is 13.2 Å². The molecule has 0 aliphatic carbocycles. The van der Waals surface area contributed by atoms with Crippen LogP contribution in [0.2, 0.25) is 0 Å². The van der Waals surface area contributed by atoms with Crippen LogP contribution >= 0.6 is 12.2 Å². The first-order valence-corrected chi connectivity index (χ1v) is 3.49. The summed E-state index contributed by atoms with van der Waals surface area (Å²) in [6.45, 7) is 8.59. The van der Waals surface area contributed by atoms with Gasteiger partial charge >= 0.3 is 0 Å². The minimum Gasteiger partial charge on any atom is -0.301 e. The minimum absolute atomic E-state index is 0.720. The summed E-state index contributed by atoms with van der Waals surface area (Å²) >= 11 is 4.71. The van der Waals surface area contributed by atoms with Crippen molar-refractivity contribution in [2.45, 2.75) is 0 Å². The van der Waals surface area contributed by atoms with Crippen molar-refractivity contribution in [2.75, 3.05) is 13.1 Å². The van der Waals surface area contributed by atoms with E-state index in [9.17, 15) is 0 Å². The summed E-state index contributed by atoms with van der Waals surface area (Å²) in [4.78, 5) is 0. The van der Waals surface area contributed by atoms with E-state index in [1.807, 2.05) is 0 Å². The third-order valence-electron chi connectivity index (χ3n) is 0.892. The van der Waals surface area contributed by atoms with Crippen LogP contribution in [-0.4, -0.2) is 23.6 Å². The Labute approximate surface area is 67.2 Å². The van der Waals surface area contributed by atoms with Gasteiger partial charge in [0.25, 0.3) is 0 Å². The first-order valence-electron chi connectivity index (χ1n) is 3.02. The number of hydrazine groups is 1. The van der Waals surface area contributed by atoms with E-state index >= 15 is 0 Å². The normalized spacial score (nSPS) is 8.40. The maximum atomic E-state index is 4.71. The standard InChI is InChI=1S/C7H12N2S/c1-3-5-8-9(7-10)6-4-2/h3-4,7-8H,1-2,5-6H2. The Balaban J connectivity index is 3.47. The summed E-state index contributed by atoms with van der Waals surface area (Å²) in [5.74, 6) is 0. The number of nitrogens with zero attached hydrogens (tertiary/aromatic N) is 1. The third kappa shape index (κ3) is 4.23. The van der Waals surface area contributed by atoms with Crippen LogP contribution in [0.3, 0.4) is 0 Å². The van der Waals surface area contributed by atoms with E-state index in [2.05, 4.69) is 18.6 Å². The van der Waals surface area contributed by atoms with Crippen LogP contribution in [0.5, 0.6) is 0 Å². The van der Waals surface area contributed by atoms with Gasteiger partial charge in [0.05, 0.1) is 12.0 Å². The molecule has 3 heteroatoms. The van der Waals surface area contributed by atoms with Crippen LogP contribution in [0.15, 0.2) is 25.3 Å². The molecule has 0 saturated heterocycles. The lowest BCUT2D eigenvalue weighted by molar-refractivity contribution is 0.371. The summed E-state index contributed by atoms with van der Waals surface area (Å²) in [5, 5.41) is 1.77. The summed E-state index contributed by atoms with van der Waals surface area (Å²) in [6, 6.07) is 0. The highest BCUT2D eigenvalue weighted by Gasteiger charge is 1.89. The topological polar surface area (TPSA) is 15.3 Å². The average Bonchev–Trinajstić information content (AvgIpc) is 1.98. The highest BCUT2D eigenvalue weighted by molar-refractivity contribution is 7.78. The van der Waals surface area contributed by atoms with Crippen molar-refractivity contribution < 1.29 is 0 Å². The first-order chi connectivity index (χ1) is 4.85. The van der Waals surface area contributed by atoms with Crippen molar-refractivity contribution in [1.29, 1.82) is 0 Å². The molecule has 0 unspecified atom stereocenters. The maximum absolute atomic E-state index is 4.71. The zero-order valence-corrected chi connectivity index (χ0v) is 6.73. The van der Waals surface area contributed by atoms with E-state index in [0.29, 0.717) is 0 Å². The molecule has 0 aromatic carbocycles. The molecule has 0 spiro atoms. The smallest absolute Gasteiger partial charge is 0.0791 e. The quantitative estimate of drug-likeness (QED) is 0.352. The largest absolute Gasteiger partial charge is 0.301 e. The van der Waals surface area contributed by atoms with E-state index in [-0.39, 0.29) is 0 Å². The first kappa shape index (κ1) is 9.33. The molecule has 56 valence electrons. The molecule has 0 fully saturated rings. The molecule has 0 atom stereocenters. The zero-order chi connectivity index (χ0) is 7.82. The lowest BCUT2D eigenvalue weighted by Gasteiger charge is -2.16. The SMILES string of the molecule is C=CCNN(C=S)CC=C. The number of nitrogens with one attached hydrogen (secondary N) is 1. The Bertz CT molecular complexity index is 123. The molecule has 0 bridgehead atoms. The van der Waals surface area contributed by atoms with Gasteiger partial charge in [-0.25, -0.2) is 5.43 Å². The van der Waals surface area contributed by atoms with Gasteiger partial charge in [0, 0.05) is 6.54 Å². The van der Waals surface area contributed by atoms with Crippen molar-refractivity contribution >= 4 is 17.7 Å². The lowest BCUT2D eigenvalue weighted by atomic mass is 10.6. The molecule has 0 rings (SSSR count). The highest BCUT2D eigenvalue weighted by Crippen LogP contribution is 1.77. The van der Waals surface area contributed by atoms with Crippen molar-refractivity contribution in [3.63, 3.8) is 0 Å². The predicted molar refractivity (Wildman–Crippen MR) is 48.8 cm³/mol. The average molecular weight is 156 g/mol. The molecule has 0 radical (unpaired) electrons. The number of hydrogen-bond donors (Lipinski definition) is 1. The molecule has 0 aliphatic heterocycles. The molecule has 0 saturated carbocycles. The van der Waals surface area contributed by atoms with E-state index in [1.165, 1.54) is 0 Å². The highest BCUT2D eigenvalue weighted by atomic mass is 32.1. The van der Waals surface area contributed by atoms with Crippen LogP contribution in [0.25, 0.3) is 0 Å². The van der Waals surface area contributed by atoms with Crippen molar-refractivity contribution in [3.8, 4) is 0 Å². The van der Waals surface area contributed by atoms with Crippen LogP contribution in [0.4, 0.5) is 0 Å². The minimum atomic E-state index is 0.720. The Hall–Kier alpha value is -0.670. The van der Waals surface area contributed by atoms with E-state index in [4.69, 9.17) is 12.2 Å². The van der Waals surface area contributed by atoms with Crippen LogP contribution in [0, 0.1) is 0 Å². The van der Waals surface area contributed by atoms with Crippen LogP contribution < -0.4 is 5.43 Å². The molecule has 0 aliphatic rings. The van der Waals surface area contributed by atoms with Gasteiger partial charge < -0.3 is 5.01 Å². The van der Waals surface area contributed by atoms with Gasteiger partial charge in [0.1, 0.15) is 0 Å². The lowest BCUT2D eigenvalue weighted by Crippen LogP contribution is -2.36. The second kappa shape index (κ2) is 6.45. The zero-order valence-electron chi connectivity index (χ0n) is 5.92. The van der Waals surface area contributed by atoms with Gasteiger partial charge in [0.15, 0.2) is 0 Å². The fourth-order valence-electron chi connectivity index (χ4n) is 0.466. The number of thiocarbonyl (C=S) groups is 1. The molecule has 2 nitrogen and oxygen atoms in total. The summed E-state index contributed by atoms with van der Waals surface area (Å²) < 4.78 is 0. The molecule has 10 heavy (non-hydrogen) atoms. The Kier molecular flexibility index (Phi) is 6.02. The predicted octanol–water partition coefficient (Wildman–Crippen LogP) is 1.12. The summed E-state index contributed by atoms with van der Waals surface area (Å²) in [7, 11) is 0. The van der Waals surface area contributed by atoms with Crippen LogP contribution in [-0.2, 0) is 0 Å². The Morgan fingerprint density at radius 1 is 1.40 bits per heavy atom. The fourth-order valence-corrected chi connectivity index (χ4v) is 0.626. The van der Waals surface area contributed by atoms with E-state index < -0.39 is 0 Å². The second-order valence-corrected chi connectivity index (χ2v) is 1.91. The number of rotatable bonds is 6. The Morgan fingerprint density at radius 3 is 2.50 bits per heavy atom. The molecular formula is C7H12N2S. The second-order valence-electron chi connectivity index (χ2n) is 1.70. The monoisotopic (exact) mass is 156 g/mol. The van der Waals surface area contributed by atoms with E-state index in [0.717, 1.165) is 13.1 Å². The van der Waals surface area contributed by atoms with Crippen LogP contribution in [0.1, 0.15) is 0 Å². The van der Waals surface area contributed by atoms with E-state index in [1.54, 1.807) is 22.7 Å². The molecule has 0 aromatic rings. The summed E-state index contributed by atoms with van der Waals surface area (Å²) in [5.41, 5.74) is 4.55. The third-order valence-corrected chi connectivity index (χ3v) is 1.15. The molecule has 0 amide bonds. The summed E-state index contributed by atoms with van der Waals surface area (Å²) in [6.07, 6.45) is 3.55. The molecule has 0 aromatic heterocycles. The molecular weight excluding hydrogens is 144 g/mol. The fraction of sp³-hybridized carbons (Fsp3) is 0.286. The number of hydrogen-bond acceptors (Lipinski definition) is 2.